The predicted molar refractivity (Wildman–Crippen MR) is 75.7 cm³/mol. The predicted octanol–water partition coefficient (Wildman–Crippen LogP) is 4.60. The highest BCUT2D eigenvalue weighted by molar-refractivity contribution is 7.08. The number of aromatic nitrogens is 2. The molecule has 3 aromatic heterocycles. The van der Waals surface area contributed by atoms with Gasteiger partial charge in [0.1, 0.15) is 5.03 Å². The Morgan fingerprint density at radius 3 is 2.78 bits per heavy atom. The Kier molecular flexibility index (Phi) is 3.27. The summed E-state index contributed by atoms with van der Waals surface area (Å²) in [6.07, 6.45) is 1.81. The van der Waals surface area contributed by atoms with Gasteiger partial charge >= 0.3 is 0 Å². The molecule has 90 valence electrons. The van der Waals surface area contributed by atoms with E-state index in [9.17, 15) is 0 Å². The van der Waals surface area contributed by atoms with Gasteiger partial charge in [-0.05, 0) is 39.9 Å². The van der Waals surface area contributed by atoms with Crippen molar-refractivity contribution < 1.29 is 4.52 Å². The molecule has 0 atom stereocenters. The smallest absolute Gasteiger partial charge is 0.269 e. The van der Waals surface area contributed by atoms with Crippen LogP contribution in [0.2, 0.25) is 0 Å². The fourth-order valence-corrected chi connectivity index (χ4v) is 2.85. The summed E-state index contributed by atoms with van der Waals surface area (Å²) in [5.41, 5.74) is 1.97. The van der Waals surface area contributed by atoms with Gasteiger partial charge in [0.15, 0.2) is 0 Å². The lowest BCUT2D eigenvalue weighted by atomic mass is 10.3. The lowest BCUT2D eigenvalue weighted by molar-refractivity contribution is 0.410. The molecule has 0 aliphatic heterocycles. The van der Waals surface area contributed by atoms with Crippen LogP contribution in [0.3, 0.4) is 0 Å². The Morgan fingerprint density at radius 1 is 1.22 bits per heavy atom. The lowest BCUT2D eigenvalue weighted by Crippen LogP contribution is -1.78. The highest BCUT2D eigenvalue weighted by atomic mass is 35.5. The minimum atomic E-state index is 0.337. The fourth-order valence-electron chi connectivity index (χ4n) is 1.39. The molecule has 0 aromatic carbocycles. The largest absolute Gasteiger partial charge is 0.333 e. The van der Waals surface area contributed by atoms with E-state index in [1.165, 1.54) is 0 Å². The van der Waals surface area contributed by atoms with Gasteiger partial charge in [0.25, 0.3) is 5.89 Å². The molecule has 3 aromatic rings. The van der Waals surface area contributed by atoms with Crippen molar-refractivity contribution in [1.29, 1.82) is 0 Å². The molecule has 0 bridgehead atoms. The quantitative estimate of drug-likeness (QED) is 0.709. The van der Waals surface area contributed by atoms with Crippen molar-refractivity contribution in [3.63, 3.8) is 0 Å². The van der Waals surface area contributed by atoms with Crippen molar-refractivity contribution in [2.24, 2.45) is 0 Å². The molecular formula is C12H7ClN2OS2. The molecule has 0 radical (unpaired) electrons. The summed E-state index contributed by atoms with van der Waals surface area (Å²) in [5, 5.41) is 12.3. The van der Waals surface area contributed by atoms with E-state index in [-0.39, 0.29) is 0 Å². The third-order valence-corrected chi connectivity index (χ3v) is 3.90. The van der Waals surface area contributed by atoms with Crippen molar-refractivity contribution in [2.75, 3.05) is 0 Å². The summed E-state index contributed by atoms with van der Waals surface area (Å²) in [6, 6.07) is 3.92. The highest BCUT2D eigenvalue weighted by Gasteiger charge is 2.11. The standard InChI is InChI=1S/C12H7ClN2OS2/c13-10(5-8-1-3-17-6-8)12-14-11(15-16-12)9-2-4-18-7-9/h1-7H. The number of hydrogen-bond donors (Lipinski definition) is 0. The summed E-state index contributed by atoms with van der Waals surface area (Å²) in [4.78, 5) is 4.27. The van der Waals surface area contributed by atoms with Gasteiger partial charge in [-0.2, -0.15) is 27.7 Å². The van der Waals surface area contributed by atoms with E-state index in [0.29, 0.717) is 16.7 Å². The van der Waals surface area contributed by atoms with E-state index < -0.39 is 0 Å². The van der Waals surface area contributed by atoms with Crippen molar-refractivity contribution in [3.05, 3.63) is 45.1 Å². The molecule has 0 fully saturated rings. The first kappa shape index (κ1) is 11.6. The molecule has 3 heterocycles. The van der Waals surface area contributed by atoms with Crippen LogP contribution < -0.4 is 0 Å². The molecule has 3 nitrogen and oxygen atoms in total. The van der Waals surface area contributed by atoms with Crippen molar-refractivity contribution in [3.8, 4) is 11.4 Å². The maximum atomic E-state index is 6.14. The molecule has 0 aliphatic carbocycles. The Balaban J connectivity index is 1.90. The summed E-state index contributed by atoms with van der Waals surface area (Å²) < 4.78 is 5.15. The van der Waals surface area contributed by atoms with E-state index in [1.54, 1.807) is 22.7 Å². The fraction of sp³-hybridized carbons (Fsp3) is 0. The first-order valence-electron chi connectivity index (χ1n) is 5.09. The first-order chi connectivity index (χ1) is 8.83. The van der Waals surface area contributed by atoms with Crippen LogP contribution in [0.25, 0.3) is 22.5 Å². The lowest BCUT2D eigenvalue weighted by Gasteiger charge is -1.88. The Hall–Kier alpha value is -1.43. The molecule has 3 rings (SSSR count). The monoisotopic (exact) mass is 294 g/mol. The third kappa shape index (κ3) is 2.38. The molecule has 0 unspecified atom stereocenters. The van der Waals surface area contributed by atoms with E-state index >= 15 is 0 Å². The summed E-state index contributed by atoms with van der Waals surface area (Å²) >= 11 is 9.34. The summed E-state index contributed by atoms with van der Waals surface area (Å²) in [5.74, 6) is 0.896. The van der Waals surface area contributed by atoms with Crippen molar-refractivity contribution in [1.82, 2.24) is 10.1 Å². The second kappa shape index (κ2) is 5.06. The molecule has 0 saturated carbocycles. The van der Waals surface area contributed by atoms with Crippen LogP contribution in [0.5, 0.6) is 0 Å². The normalized spacial score (nSPS) is 11.9. The highest BCUT2D eigenvalue weighted by Crippen LogP contribution is 2.25. The van der Waals surface area contributed by atoms with Crippen LogP contribution >= 0.6 is 34.3 Å². The zero-order valence-electron chi connectivity index (χ0n) is 9.04. The van der Waals surface area contributed by atoms with Crippen LogP contribution in [0.1, 0.15) is 11.5 Å². The van der Waals surface area contributed by atoms with Gasteiger partial charge in [0.2, 0.25) is 5.82 Å². The zero-order chi connectivity index (χ0) is 12.4. The van der Waals surface area contributed by atoms with Crippen LogP contribution in [-0.2, 0) is 0 Å². The van der Waals surface area contributed by atoms with E-state index in [2.05, 4.69) is 10.1 Å². The van der Waals surface area contributed by atoms with Gasteiger partial charge in [-0.3, -0.25) is 0 Å². The first-order valence-corrected chi connectivity index (χ1v) is 7.35. The molecule has 0 amide bonds. The number of thiophene rings is 2. The molecule has 0 spiro atoms. The van der Waals surface area contributed by atoms with Gasteiger partial charge < -0.3 is 4.52 Å². The summed E-state index contributed by atoms with van der Waals surface area (Å²) in [6.45, 7) is 0. The average molecular weight is 295 g/mol. The van der Waals surface area contributed by atoms with Gasteiger partial charge in [-0.25, -0.2) is 0 Å². The van der Waals surface area contributed by atoms with E-state index in [0.717, 1.165) is 11.1 Å². The van der Waals surface area contributed by atoms with Gasteiger partial charge in [-0.15, -0.1) is 0 Å². The molecule has 0 aliphatic rings. The van der Waals surface area contributed by atoms with Crippen molar-refractivity contribution >= 4 is 45.4 Å². The third-order valence-electron chi connectivity index (χ3n) is 2.25. The molecule has 0 N–H and O–H groups in total. The molecular weight excluding hydrogens is 288 g/mol. The Morgan fingerprint density at radius 2 is 2.06 bits per heavy atom. The SMILES string of the molecule is ClC(=Cc1ccsc1)c1nc(-c2ccsc2)no1. The second-order valence-corrected chi connectivity index (χ2v) is 5.45. The van der Waals surface area contributed by atoms with Crippen LogP contribution in [0.4, 0.5) is 0 Å². The van der Waals surface area contributed by atoms with Crippen LogP contribution in [0.15, 0.2) is 38.2 Å². The minimum absolute atomic E-state index is 0.337. The maximum absolute atomic E-state index is 6.14. The molecule has 18 heavy (non-hydrogen) atoms. The van der Waals surface area contributed by atoms with Gasteiger partial charge in [0.05, 0.1) is 0 Å². The second-order valence-electron chi connectivity index (χ2n) is 3.48. The van der Waals surface area contributed by atoms with Crippen LogP contribution in [-0.4, -0.2) is 10.1 Å². The number of rotatable bonds is 3. The number of hydrogen-bond acceptors (Lipinski definition) is 5. The maximum Gasteiger partial charge on any atom is 0.269 e. The van der Waals surface area contributed by atoms with Gasteiger partial charge in [-0.1, -0.05) is 16.8 Å². The Labute approximate surface area is 116 Å². The summed E-state index contributed by atoms with van der Waals surface area (Å²) in [7, 11) is 0. The average Bonchev–Trinajstić information content (AvgIpc) is 3.11. The van der Waals surface area contributed by atoms with E-state index in [4.69, 9.17) is 16.1 Å². The zero-order valence-corrected chi connectivity index (χ0v) is 11.4. The number of halogens is 1. The topological polar surface area (TPSA) is 38.9 Å². The minimum Gasteiger partial charge on any atom is -0.333 e. The number of nitrogens with zero attached hydrogens (tertiary/aromatic N) is 2. The van der Waals surface area contributed by atoms with Crippen molar-refractivity contribution in [2.45, 2.75) is 0 Å². The van der Waals surface area contributed by atoms with Crippen LogP contribution in [0, 0.1) is 0 Å². The molecule has 0 saturated heterocycles. The Bertz CT molecular complexity index is 656. The van der Waals surface area contributed by atoms with Gasteiger partial charge in [0, 0.05) is 10.9 Å². The molecule has 6 heteroatoms. The van der Waals surface area contributed by atoms with E-state index in [1.807, 2.05) is 39.7 Å².